The van der Waals surface area contributed by atoms with Gasteiger partial charge in [0.15, 0.2) is 6.61 Å². The van der Waals surface area contributed by atoms with E-state index in [1.807, 2.05) is 19.1 Å². The maximum absolute atomic E-state index is 12.5. The smallest absolute Gasteiger partial charge is 0.266 e. The van der Waals surface area contributed by atoms with Crippen LogP contribution in [0.1, 0.15) is 26.3 Å². The highest BCUT2D eigenvalue weighted by atomic mass is 16.5. The molecule has 0 saturated carbocycles. The summed E-state index contributed by atoms with van der Waals surface area (Å²) in [5, 5.41) is 2.73. The van der Waals surface area contributed by atoms with E-state index in [9.17, 15) is 14.4 Å². The third-order valence-corrected chi connectivity index (χ3v) is 4.59. The standard InChI is InChI=1S/C23H18N2O4/c1-15-6-12-18(13-7-15)29-14-21(26)24-16-8-10-17(11-9-16)25-22(27)19-4-2-3-5-20(19)23(25)28/h2-13H,14H2,1H3,(H,24,26). The Morgan fingerprint density at radius 1 is 0.862 bits per heavy atom. The minimum absolute atomic E-state index is 0.122. The number of hydrogen-bond acceptors (Lipinski definition) is 4. The monoisotopic (exact) mass is 386 g/mol. The number of nitrogens with one attached hydrogen (secondary N) is 1. The van der Waals surface area contributed by atoms with Crippen molar-refractivity contribution in [3.05, 3.63) is 89.5 Å². The molecule has 3 aromatic rings. The van der Waals surface area contributed by atoms with Crippen LogP contribution in [-0.4, -0.2) is 24.3 Å². The zero-order valence-electron chi connectivity index (χ0n) is 15.7. The highest BCUT2D eigenvalue weighted by molar-refractivity contribution is 6.34. The molecule has 6 heteroatoms. The highest BCUT2D eigenvalue weighted by Gasteiger charge is 2.36. The Morgan fingerprint density at radius 2 is 1.45 bits per heavy atom. The first kappa shape index (κ1) is 18.4. The first-order chi connectivity index (χ1) is 14.0. The molecular formula is C23H18N2O4. The number of aryl methyl sites for hydroxylation is 1. The molecule has 0 aliphatic carbocycles. The lowest BCUT2D eigenvalue weighted by atomic mass is 10.1. The Bertz CT molecular complexity index is 1050. The summed E-state index contributed by atoms with van der Waals surface area (Å²) >= 11 is 0. The van der Waals surface area contributed by atoms with Gasteiger partial charge < -0.3 is 10.1 Å². The molecule has 3 aromatic carbocycles. The second-order valence-corrected chi connectivity index (χ2v) is 6.69. The summed E-state index contributed by atoms with van der Waals surface area (Å²) < 4.78 is 5.45. The average molecular weight is 386 g/mol. The summed E-state index contributed by atoms with van der Waals surface area (Å²) in [6, 6.07) is 20.7. The summed E-state index contributed by atoms with van der Waals surface area (Å²) in [4.78, 5) is 38.3. The number of amides is 3. The molecule has 1 heterocycles. The van der Waals surface area contributed by atoms with Gasteiger partial charge in [0.05, 0.1) is 16.8 Å². The van der Waals surface area contributed by atoms with E-state index in [4.69, 9.17) is 4.74 Å². The lowest BCUT2D eigenvalue weighted by Gasteiger charge is -2.14. The topological polar surface area (TPSA) is 75.7 Å². The van der Waals surface area contributed by atoms with E-state index in [-0.39, 0.29) is 24.3 Å². The molecule has 29 heavy (non-hydrogen) atoms. The van der Waals surface area contributed by atoms with E-state index in [0.29, 0.717) is 28.3 Å². The van der Waals surface area contributed by atoms with Gasteiger partial charge in [-0.1, -0.05) is 29.8 Å². The van der Waals surface area contributed by atoms with Crippen LogP contribution in [0.2, 0.25) is 0 Å². The van der Waals surface area contributed by atoms with E-state index in [1.54, 1.807) is 60.7 Å². The lowest BCUT2D eigenvalue weighted by molar-refractivity contribution is -0.118. The third kappa shape index (κ3) is 3.73. The third-order valence-electron chi connectivity index (χ3n) is 4.59. The van der Waals surface area contributed by atoms with E-state index in [1.165, 1.54) is 0 Å². The summed E-state index contributed by atoms with van der Waals surface area (Å²) in [5.74, 6) is -0.395. The fraction of sp³-hybridized carbons (Fsp3) is 0.0870. The average Bonchev–Trinajstić information content (AvgIpc) is 2.99. The van der Waals surface area contributed by atoms with Gasteiger partial charge in [0.2, 0.25) is 0 Å². The number of carbonyl (C=O) groups is 3. The first-order valence-corrected chi connectivity index (χ1v) is 9.10. The number of ether oxygens (including phenoxy) is 1. The number of carbonyl (C=O) groups excluding carboxylic acids is 3. The fourth-order valence-corrected chi connectivity index (χ4v) is 3.10. The van der Waals surface area contributed by atoms with Crippen molar-refractivity contribution >= 4 is 29.1 Å². The molecule has 0 bridgehead atoms. The summed E-state index contributed by atoms with van der Waals surface area (Å²) in [6.45, 7) is 1.85. The van der Waals surface area contributed by atoms with Gasteiger partial charge in [-0.25, -0.2) is 4.90 Å². The Balaban J connectivity index is 1.39. The van der Waals surface area contributed by atoms with Crippen LogP contribution in [0, 0.1) is 6.92 Å². The van der Waals surface area contributed by atoms with E-state index in [2.05, 4.69) is 5.32 Å². The van der Waals surface area contributed by atoms with Gasteiger partial charge in [-0.15, -0.1) is 0 Å². The van der Waals surface area contributed by atoms with Crippen molar-refractivity contribution in [1.82, 2.24) is 0 Å². The summed E-state index contributed by atoms with van der Waals surface area (Å²) in [5.41, 5.74) is 2.89. The van der Waals surface area contributed by atoms with Crippen LogP contribution in [0.5, 0.6) is 5.75 Å². The molecule has 4 rings (SSSR count). The Hall–Kier alpha value is -3.93. The predicted octanol–water partition coefficient (Wildman–Crippen LogP) is 3.81. The number of nitrogens with zero attached hydrogens (tertiary/aromatic N) is 1. The van der Waals surface area contributed by atoms with Crippen molar-refractivity contribution < 1.29 is 19.1 Å². The van der Waals surface area contributed by atoms with Gasteiger partial charge in [0, 0.05) is 5.69 Å². The Kier molecular flexibility index (Phi) is 4.83. The Morgan fingerprint density at radius 3 is 2.03 bits per heavy atom. The number of imide groups is 1. The normalized spacial score (nSPS) is 12.7. The van der Waals surface area contributed by atoms with E-state index >= 15 is 0 Å². The molecule has 1 aliphatic rings. The van der Waals surface area contributed by atoms with Crippen molar-refractivity contribution in [2.75, 3.05) is 16.8 Å². The molecule has 1 N–H and O–H groups in total. The van der Waals surface area contributed by atoms with Gasteiger partial charge in [-0.3, -0.25) is 14.4 Å². The molecule has 0 spiro atoms. The molecule has 144 valence electrons. The van der Waals surface area contributed by atoms with Crippen LogP contribution in [0.4, 0.5) is 11.4 Å². The molecule has 3 amide bonds. The maximum atomic E-state index is 12.5. The summed E-state index contributed by atoms with van der Waals surface area (Å²) in [6.07, 6.45) is 0. The van der Waals surface area contributed by atoms with Gasteiger partial charge in [0.25, 0.3) is 17.7 Å². The SMILES string of the molecule is Cc1ccc(OCC(=O)Nc2ccc(N3C(=O)c4ccccc4C3=O)cc2)cc1. The van der Waals surface area contributed by atoms with Crippen LogP contribution in [-0.2, 0) is 4.79 Å². The quantitative estimate of drug-likeness (QED) is 0.677. The van der Waals surface area contributed by atoms with E-state index in [0.717, 1.165) is 10.5 Å². The highest BCUT2D eigenvalue weighted by Crippen LogP contribution is 2.29. The number of hydrogen-bond donors (Lipinski definition) is 1. The van der Waals surface area contributed by atoms with Crippen LogP contribution < -0.4 is 15.0 Å². The van der Waals surface area contributed by atoms with Gasteiger partial charge >= 0.3 is 0 Å². The number of fused-ring (bicyclic) bond motifs is 1. The zero-order valence-corrected chi connectivity index (χ0v) is 15.7. The molecule has 0 unspecified atom stereocenters. The van der Waals surface area contributed by atoms with Crippen LogP contribution in [0.3, 0.4) is 0 Å². The zero-order chi connectivity index (χ0) is 20.4. The van der Waals surface area contributed by atoms with Crippen molar-refractivity contribution in [2.24, 2.45) is 0 Å². The largest absolute Gasteiger partial charge is 0.484 e. The minimum Gasteiger partial charge on any atom is -0.484 e. The number of benzene rings is 3. The molecule has 0 atom stereocenters. The first-order valence-electron chi connectivity index (χ1n) is 9.10. The second-order valence-electron chi connectivity index (χ2n) is 6.69. The molecule has 0 radical (unpaired) electrons. The molecule has 6 nitrogen and oxygen atoms in total. The van der Waals surface area contributed by atoms with Crippen molar-refractivity contribution in [3.63, 3.8) is 0 Å². The molecule has 0 fully saturated rings. The number of rotatable bonds is 5. The maximum Gasteiger partial charge on any atom is 0.266 e. The molecular weight excluding hydrogens is 368 g/mol. The molecule has 0 saturated heterocycles. The van der Waals surface area contributed by atoms with Crippen LogP contribution in [0.25, 0.3) is 0 Å². The lowest BCUT2D eigenvalue weighted by Crippen LogP contribution is -2.29. The van der Waals surface area contributed by atoms with Crippen molar-refractivity contribution in [2.45, 2.75) is 6.92 Å². The van der Waals surface area contributed by atoms with Crippen LogP contribution in [0.15, 0.2) is 72.8 Å². The Labute approximate surface area is 167 Å². The number of anilines is 2. The molecule has 0 aromatic heterocycles. The summed E-state index contributed by atoms with van der Waals surface area (Å²) in [7, 11) is 0. The van der Waals surface area contributed by atoms with Crippen molar-refractivity contribution in [3.8, 4) is 5.75 Å². The van der Waals surface area contributed by atoms with Gasteiger partial charge in [0.1, 0.15) is 5.75 Å². The minimum atomic E-state index is -0.353. The van der Waals surface area contributed by atoms with Crippen molar-refractivity contribution in [1.29, 1.82) is 0 Å². The van der Waals surface area contributed by atoms with Crippen LogP contribution >= 0.6 is 0 Å². The molecule has 1 aliphatic heterocycles. The fourth-order valence-electron chi connectivity index (χ4n) is 3.10. The van der Waals surface area contributed by atoms with Gasteiger partial charge in [-0.2, -0.15) is 0 Å². The predicted molar refractivity (Wildman–Crippen MR) is 109 cm³/mol. The van der Waals surface area contributed by atoms with E-state index < -0.39 is 0 Å². The van der Waals surface area contributed by atoms with Gasteiger partial charge in [-0.05, 0) is 55.5 Å². The second kappa shape index (κ2) is 7.59.